The van der Waals surface area contributed by atoms with Gasteiger partial charge in [-0.3, -0.25) is 9.36 Å². The van der Waals surface area contributed by atoms with Gasteiger partial charge in [0.25, 0.3) is 5.56 Å². The number of thioether (sulfide) groups is 1. The highest BCUT2D eigenvalue weighted by molar-refractivity contribution is 7.99. The van der Waals surface area contributed by atoms with Crippen LogP contribution in [0, 0.1) is 5.92 Å². The van der Waals surface area contributed by atoms with Gasteiger partial charge >= 0.3 is 0 Å². The van der Waals surface area contributed by atoms with Crippen LogP contribution in [0.25, 0.3) is 10.2 Å². The Kier molecular flexibility index (Phi) is 5.87. The van der Waals surface area contributed by atoms with Gasteiger partial charge in [-0.25, -0.2) is 4.98 Å². The Labute approximate surface area is 180 Å². The molecule has 3 aromatic rings. The van der Waals surface area contributed by atoms with Crippen LogP contribution in [-0.4, -0.2) is 20.9 Å². The molecule has 0 fully saturated rings. The van der Waals surface area contributed by atoms with Crippen molar-refractivity contribution in [2.24, 2.45) is 5.92 Å². The molecule has 4 nitrogen and oxygen atoms in total. The topological polar surface area (TPSA) is 44.1 Å². The molecule has 0 radical (unpaired) electrons. The van der Waals surface area contributed by atoms with Crippen LogP contribution in [0.2, 0.25) is 0 Å². The Balaban J connectivity index is 1.81. The van der Waals surface area contributed by atoms with Gasteiger partial charge in [-0.2, -0.15) is 0 Å². The van der Waals surface area contributed by atoms with E-state index in [1.54, 1.807) is 23.1 Å². The predicted molar refractivity (Wildman–Crippen MR) is 122 cm³/mol. The second-order valence-electron chi connectivity index (χ2n) is 8.71. The molecule has 0 atom stereocenters. The number of fused-ring (bicyclic) bond motifs is 3. The number of ether oxygens (including phenoxy) is 1. The Bertz CT molecular complexity index is 1070. The lowest BCUT2D eigenvalue weighted by molar-refractivity contribution is -0.0379. The first-order valence-electron chi connectivity index (χ1n) is 10.2. The normalized spacial score (nSPS) is 15.8. The molecule has 154 valence electrons. The molecule has 0 bridgehead atoms. The summed E-state index contributed by atoms with van der Waals surface area (Å²) in [5.41, 5.74) is 3.07. The van der Waals surface area contributed by atoms with Gasteiger partial charge in [0.05, 0.1) is 24.3 Å². The van der Waals surface area contributed by atoms with Crippen molar-refractivity contribution in [1.29, 1.82) is 0 Å². The van der Waals surface area contributed by atoms with Gasteiger partial charge in [0.15, 0.2) is 5.16 Å². The summed E-state index contributed by atoms with van der Waals surface area (Å²) in [6.45, 7) is 9.79. The van der Waals surface area contributed by atoms with E-state index < -0.39 is 0 Å². The van der Waals surface area contributed by atoms with Crippen molar-refractivity contribution in [3.63, 3.8) is 0 Å². The highest BCUT2D eigenvalue weighted by atomic mass is 32.2. The van der Waals surface area contributed by atoms with Crippen molar-refractivity contribution in [2.45, 2.75) is 64.4 Å². The average Bonchev–Trinajstić information content (AvgIpc) is 3.02. The number of aromatic nitrogens is 2. The number of thiophene rings is 1. The molecular weight excluding hydrogens is 400 g/mol. The third kappa shape index (κ3) is 4.44. The van der Waals surface area contributed by atoms with Crippen molar-refractivity contribution in [3.05, 3.63) is 56.7 Å². The van der Waals surface area contributed by atoms with Gasteiger partial charge in [-0.05, 0) is 37.3 Å². The number of rotatable bonds is 6. The SMILES string of the molecule is CC(C)CCSc1nc2c3c(sc2c(=O)n1Cc1ccccc1)COC(C)(C)C3. The fourth-order valence-corrected chi connectivity index (χ4v) is 5.92. The number of hydrogen-bond donors (Lipinski definition) is 0. The summed E-state index contributed by atoms with van der Waals surface area (Å²) >= 11 is 3.26. The van der Waals surface area contributed by atoms with E-state index in [1.165, 1.54) is 5.56 Å². The van der Waals surface area contributed by atoms with E-state index in [4.69, 9.17) is 9.72 Å². The summed E-state index contributed by atoms with van der Waals surface area (Å²) in [5, 5.41) is 0.830. The van der Waals surface area contributed by atoms with Crippen LogP contribution in [0.15, 0.2) is 40.3 Å². The molecular formula is C23H28N2O2S2. The van der Waals surface area contributed by atoms with Crippen molar-refractivity contribution in [2.75, 3.05) is 5.75 Å². The second-order valence-corrected chi connectivity index (χ2v) is 10.9. The molecule has 29 heavy (non-hydrogen) atoms. The van der Waals surface area contributed by atoms with Crippen molar-refractivity contribution in [3.8, 4) is 0 Å². The molecule has 0 N–H and O–H groups in total. The first kappa shape index (κ1) is 20.6. The van der Waals surface area contributed by atoms with E-state index in [0.29, 0.717) is 19.1 Å². The first-order valence-corrected chi connectivity index (χ1v) is 12.0. The van der Waals surface area contributed by atoms with Crippen LogP contribution >= 0.6 is 23.1 Å². The zero-order chi connectivity index (χ0) is 20.6. The molecule has 6 heteroatoms. The lowest BCUT2D eigenvalue weighted by atomic mass is 9.95. The van der Waals surface area contributed by atoms with Crippen LogP contribution in [0.1, 0.15) is 50.1 Å². The molecule has 4 rings (SSSR count). The fraction of sp³-hybridized carbons (Fsp3) is 0.478. The van der Waals surface area contributed by atoms with Crippen LogP contribution in [-0.2, 0) is 24.3 Å². The summed E-state index contributed by atoms with van der Waals surface area (Å²) in [7, 11) is 0. The zero-order valence-corrected chi connectivity index (χ0v) is 19.2. The summed E-state index contributed by atoms with van der Waals surface area (Å²) in [6.07, 6.45) is 1.90. The minimum Gasteiger partial charge on any atom is -0.370 e. The Hall–Kier alpha value is -1.63. The fourth-order valence-electron chi connectivity index (χ4n) is 3.57. The maximum absolute atomic E-state index is 13.5. The second kappa shape index (κ2) is 8.25. The minimum atomic E-state index is -0.216. The minimum absolute atomic E-state index is 0.0723. The predicted octanol–water partition coefficient (Wildman–Crippen LogP) is 5.50. The molecule has 0 unspecified atom stereocenters. The number of hydrogen-bond acceptors (Lipinski definition) is 5. The molecule has 0 spiro atoms. The summed E-state index contributed by atoms with van der Waals surface area (Å²) in [6, 6.07) is 10.2. The Morgan fingerprint density at radius 2 is 2.03 bits per heavy atom. The quantitative estimate of drug-likeness (QED) is 0.384. The summed E-state index contributed by atoms with van der Waals surface area (Å²) in [4.78, 5) is 19.7. The maximum Gasteiger partial charge on any atom is 0.272 e. The van der Waals surface area contributed by atoms with Gasteiger partial charge in [0, 0.05) is 17.1 Å². The molecule has 0 saturated heterocycles. The van der Waals surface area contributed by atoms with Crippen molar-refractivity contribution < 1.29 is 4.74 Å². The average molecular weight is 429 g/mol. The van der Waals surface area contributed by atoms with E-state index in [9.17, 15) is 4.79 Å². The van der Waals surface area contributed by atoms with E-state index in [0.717, 1.165) is 44.4 Å². The largest absolute Gasteiger partial charge is 0.370 e. The highest BCUT2D eigenvalue weighted by Crippen LogP contribution is 2.37. The Morgan fingerprint density at radius 1 is 1.28 bits per heavy atom. The summed E-state index contributed by atoms with van der Waals surface area (Å²) < 4.78 is 8.60. The van der Waals surface area contributed by atoms with Gasteiger partial charge in [-0.15, -0.1) is 11.3 Å². The molecule has 2 aromatic heterocycles. The molecule has 1 aliphatic heterocycles. The molecule has 3 heterocycles. The van der Waals surface area contributed by atoms with E-state index in [-0.39, 0.29) is 11.2 Å². The number of benzene rings is 1. The Morgan fingerprint density at radius 3 is 2.76 bits per heavy atom. The highest BCUT2D eigenvalue weighted by Gasteiger charge is 2.31. The third-order valence-corrected chi connectivity index (χ3v) is 7.44. The van der Waals surface area contributed by atoms with Crippen molar-refractivity contribution in [1.82, 2.24) is 9.55 Å². The summed E-state index contributed by atoms with van der Waals surface area (Å²) in [5.74, 6) is 1.60. The maximum atomic E-state index is 13.5. The lowest BCUT2D eigenvalue weighted by Crippen LogP contribution is -2.31. The third-order valence-electron chi connectivity index (χ3n) is 5.25. The van der Waals surface area contributed by atoms with Gasteiger partial charge in [-0.1, -0.05) is 55.9 Å². The van der Waals surface area contributed by atoms with Crippen LogP contribution < -0.4 is 5.56 Å². The lowest BCUT2D eigenvalue weighted by Gasteiger charge is -2.29. The zero-order valence-electron chi connectivity index (χ0n) is 17.5. The molecule has 0 aliphatic carbocycles. The van der Waals surface area contributed by atoms with E-state index in [2.05, 4.69) is 39.8 Å². The van der Waals surface area contributed by atoms with E-state index >= 15 is 0 Å². The van der Waals surface area contributed by atoms with Crippen molar-refractivity contribution >= 4 is 33.3 Å². The number of nitrogens with zero attached hydrogens (tertiary/aromatic N) is 2. The monoisotopic (exact) mass is 428 g/mol. The molecule has 0 saturated carbocycles. The van der Waals surface area contributed by atoms with Gasteiger partial charge in [0.2, 0.25) is 0 Å². The van der Waals surface area contributed by atoms with E-state index in [1.807, 2.05) is 22.8 Å². The molecule has 1 aliphatic rings. The molecule has 0 amide bonds. The van der Waals surface area contributed by atoms with Gasteiger partial charge < -0.3 is 4.74 Å². The van der Waals surface area contributed by atoms with Crippen LogP contribution in [0.5, 0.6) is 0 Å². The molecule has 1 aromatic carbocycles. The first-order chi connectivity index (χ1) is 13.8. The van der Waals surface area contributed by atoms with Gasteiger partial charge in [0.1, 0.15) is 4.70 Å². The smallest absolute Gasteiger partial charge is 0.272 e. The van der Waals surface area contributed by atoms with Crippen LogP contribution in [0.3, 0.4) is 0 Å². The standard InChI is InChI=1S/C23H28N2O2S2/c1-15(2)10-11-28-22-24-19-17-12-23(3,4)27-14-18(17)29-20(19)21(26)25(22)13-16-8-6-5-7-9-16/h5-9,15H,10-14H2,1-4H3. The van der Waals surface area contributed by atoms with Crippen LogP contribution in [0.4, 0.5) is 0 Å².